The maximum absolute atomic E-state index is 12.4. The fourth-order valence-corrected chi connectivity index (χ4v) is 3.70. The first-order chi connectivity index (χ1) is 14.5. The summed E-state index contributed by atoms with van der Waals surface area (Å²) in [6, 6.07) is 9.19. The molecule has 2 amide bonds. The third kappa shape index (κ3) is 4.22. The van der Waals surface area contributed by atoms with Crippen LogP contribution >= 0.6 is 0 Å². The van der Waals surface area contributed by atoms with Gasteiger partial charge in [-0.2, -0.15) is 0 Å². The quantitative estimate of drug-likeness (QED) is 0.754. The smallest absolute Gasteiger partial charge is 0.317 e. The number of urea groups is 1. The van der Waals surface area contributed by atoms with Gasteiger partial charge in [-0.05, 0) is 43.5 Å². The highest BCUT2D eigenvalue weighted by atomic mass is 16.5. The molecule has 4 rings (SSSR count). The van der Waals surface area contributed by atoms with Crippen LogP contribution in [0.3, 0.4) is 0 Å². The molecule has 1 N–H and O–H groups in total. The van der Waals surface area contributed by atoms with E-state index in [0.717, 1.165) is 24.1 Å². The minimum atomic E-state index is -0.148. The summed E-state index contributed by atoms with van der Waals surface area (Å²) in [4.78, 5) is 26.3. The minimum absolute atomic E-state index is 0.0173. The van der Waals surface area contributed by atoms with Gasteiger partial charge >= 0.3 is 6.03 Å². The van der Waals surface area contributed by atoms with Crippen molar-refractivity contribution in [3.63, 3.8) is 0 Å². The van der Waals surface area contributed by atoms with E-state index in [0.29, 0.717) is 42.9 Å². The maximum atomic E-state index is 12.4. The Hall–Kier alpha value is -3.16. The van der Waals surface area contributed by atoms with Crippen molar-refractivity contribution in [2.45, 2.75) is 38.5 Å². The van der Waals surface area contributed by atoms with Crippen LogP contribution in [0.4, 0.5) is 4.79 Å². The molecule has 0 spiro atoms. The van der Waals surface area contributed by atoms with Crippen molar-refractivity contribution in [2.75, 3.05) is 27.3 Å². The molecule has 0 unspecified atom stereocenters. The molecule has 2 aromatic rings. The van der Waals surface area contributed by atoms with Gasteiger partial charge in [0.05, 0.1) is 27.3 Å². The number of benzene rings is 1. The van der Waals surface area contributed by atoms with Crippen LogP contribution in [-0.2, 0) is 6.54 Å². The monoisotopic (exact) mass is 413 g/mol. The van der Waals surface area contributed by atoms with Crippen molar-refractivity contribution in [3.05, 3.63) is 51.9 Å². The second kappa shape index (κ2) is 8.30. The van der Waals surface area contributed by atoms with E-state index in [1.165, 1.54) is 0 Å². The number of aryl methyl sites for hydroxylation is 1. The molecule has 2 aliphatic rings. The standard InChI is InChI=1S/C22H27N3O5/c1-14-8-17(10-21(26)25(14)16-5-6-16)30-18-12-24(13-18)22(27)23-11-15-4-7-19(28-2)20(9-15)29-3/h4,7-10,16,18H,5-6,11-13H2,1-3H3,(H,23,27). The number of carbonyl (C=O) groups is 1. The first-order valence-electron chi connectivity index (χ1n) is 10.1. The van der Waals surface area contributed by atoms with Gasteiger partial charge in [-0.15, -0.1) is 0 Å². The maximum Gasteiger partial charge on any atom is 0.317 e. The van der Waals surface area contributed by atoms with Crippen LogP contribution in [0.15, 0.2) is 35.1 Å². The Morgan fingerprint density at radius 1 is 1.10 bits per heavy atom. The zero-order valence-corrected chi connectivity index (χ0v) is 17.5. The Labute approximate surface area is 175 Å². The van der Waals surface area contributed by atoms with E-state index >= 15 is 0 Å². The molecule has 8 nitrogen and oxygen atoms in total. The molecule has 1 aromatic carbocycles. The lowest BCUT2D eigenvalue weighted by Gasteiger charge is -2.38. The average molecular weight is 413 g/mol. The number of hydrogen-bond acceptors (Lipinski definition) is 5. The molecular weight excluding hydrogens is 386 g/mol. The molecule has 2 heterocycles. The third-order valence-electron chi connectivity index (χ3n) is 5.48. The number of carbonyl (C=O) groups excluding carboxylic acids is 1. The SMILES string of the molecule is COc1ccc(CNC(=O)N2CC(Oc3cc(C)n(C4CC4)c(=O)c3)C2)cc1OC. The molecule has 1 aliphatic carbocycles. The van der Waals surface area contributed by atoms with Gasteiger partial charge in [0.1, 0.15) is 11.9 Å². The van der Waals surface area contributed by atoms with Crippen molar-refractivity contribution in [2.24, 2.45) is 0 Å². The normalized spacial score (nSPS) is 16.0. The second-order valence-corrected chi connectivity index (χ2v) is 7.76. The largest absolute Gasteiger partial charge is 0.493 e. The summed E-state index contributed by atoms with van der Waals surface area (Å²) >= 11 is 0. The van der Waals surface area contributed by atoms with Crippen molar-refractivity contribution in [1.82, 2.24) is 14.8 Å². The predicted octanol–water partition coefficient (Wildman–Crippen LogP) is 2.48. The molecule has 1 saturated heterocycles. The van der Waals surface area contributed by atoms with Crippen molar-refractivity contribution >= 4 is 6.03 Å². The van der Waals surface area contributed by atoms with Gasteiger partial charge in [-0.1, -0.05) is 6.07 Å². The molecule has 160 valence electrons. The van der Waals surface area contributed by atoms with Gasteiger partial charge in [0.25, 0.3) is 5.56 Å². The van der Waals surface area contributed by atoms with E-state index < -0.39 is 0 Å². The molecule has 30 heavy (non-hydrogen) atoms. The van der Waals surface area contributed by atoms with Crippen LogP contribution in [0.2, 0.25) is 0 Å². The van der Waals surface area contributed by atoms with E-state index in [-0.39, 0.29) is 17.7 Å². The lowest BCUT2D eigenvalue weighted by atomic mass is 10.1. The summed E-state index contributed by atoms with van der Waals surface area (Å²) in [6.45, 7) is 3.30. The van der Waals surface area contributed by atoms with E-state index in [2.05, 4.69) is 5.32 Å². The first kappa shape index (κ1) is 20.1. The van der Waals surface area contributed by atoms with Gasteiger partial charge in [-0.25, -0.2) is 4.79 Å². The van der Waals surface area contributed by atoms with Crippen LogP contribution in [0, 0.1) is 6.92 Å². The highest BCUT2D eigenvalue weighted by Gasteiger charge is 2.33. The van der Waals surface area contributed by atoms with Crippen LogP contribution < -0.4 is 25.1 Å². The molecular formula is C22H27N3O5. The molecule has 0 atom stereocenters. The van der Waals surface area contributed by atoms with E-state index in [1.54, 1.807) is 25.2 Å². The summed E-state index contributed by atoms with van der Waals surface area (Å²) in [5, 5.41) is 2.90. The summed E-state index contributed by atoms with van der Waals surface area (Å²) in [7, 11) is 3.16. The Kier molecular flexibility index (Phi) is 5.57. The fraction of sp³-hybridized carbons (Fsp3) is 0.455. The number of nitrogens with one attached hydrogen (secondary N) is 1. The van der Waals surface area contributed by atoms with Gasteiger partial charge in [0.15, 0.2) is 11.5 Å². The zero-order chi connectivity index (χ0) is 21.3. The van der Waals surface area contributed by atoms with Crippen molar-refractivity contribution in [1.29, 1.82) is 0 Å². The Morgan fingerprint density at radius 2 is 1.83 bits per heavy atom. The molecule has 8 heteroatoms. The number of amides is 2. The van der Waals surface area contributed by atoms with Gasteiger partial charge in [0.2, 0.25) is 0 Å². The molecule has 0 radical (unpaired) electrons. The Morgan fingerprint density at radius 3 is 2.47 bits per heavy atom. The summed E-state index contributed by atoms with van der Waals surface area (Å²) < 4.78 is 18.2. The number of likely N-dealkylation sites (tertiary alicyclic amines) is 1. The number of aromatic nitrogens is 1. The summed E-state index contributed by atoms with van der Waals surface area (Å²) in [6.07, 6.45) is 2.03. The van der Waals surface area contributed by atoms with Gasteiger partial charge in [-0.3, -0.25) is 4.79 Å². The van der Waals surface area contributed by atoms with Crippen molar-refractivity contribution < 1.29 is 19.0 Å². The number of rotatable bonds is 7. The van der Waals surface area contributed by atoms with Crippen molar-refractivity contribution in [3.8, 4) is 17.2 Å². The predicted molar refractivity (Wildman–Crippen MR) is 111 cm³/mol. The van der Waals surface area contributed by atoms with Gasteiger partial charge < -0.3 is 29.0 Å². The summed E-state index contributed by atoms with van der Waals surface area (Å²) in [5.41, 5.74) is 1.82. The molecule has 0 bridgehead atoms. The molecule has 1 aromatic heterocycles. The number of methoxy groups -OCH3 is 2. The highest BCUT2D eigenvalue weighted by molar-refractivity contribution is 5.75. The fourth-order valence-electron chi connectivity index (χ4n) is 3.70. The molecule has 1 saturated carbocycles. The number of hydrogen-bond donors (Lipinski definition) is 1. The third-order valence-corrected chi connectivity index (χ3v) is 5.48. The van der Waals surface area contributed by atoms with Crippen LogP contribution in [-0.4, -0.2) is 48.9 Å². The topological polar surface area (TPSA) is 82.0 Å². The van der Waals surface area contributed by atoms with Crippen LogP contribution in [0.25, 0.3) is 0 Å². The van der Waals surface area contributed by atoms with Gasteiger partial charge in [0, 0.05) is 24.3 Å². The lowest BCUT2D eigenvalue weighted by molar-refractivity contribution is 0.0441. The van der Waals surface area contributed by atoms with Crippen LogP contribution in [0.1, 0.15) is 30.1 Å². The molecule has 1 aliphatic heterocycles. The second-order valence-electron chi connectivity index (χ2n) is 7.76. The Balaban J connectivity index is 1.26. The lowest BCUT2D eigenvalue weighted by Crippen LogP contribution is -2.58. The average Bonchev–Trinajstić information content (AvgIpc) is 3.52. The zero-order valence-electron chi connectivity index (χ0n) is 17.5. The Bertz CT molecular complexity index is 993. The first-order valence-corrected chi connectivity index (χ1v) is 10.1. The highest BCUT2D eigenvalue weighted by Crippen LogP contribution is 2.35. The number of pyridine rings is 1. The van der Waals surface area contributed by atoms with E-state index in [1.807, 2.05) is 35.8 Å². The van der Waals surface area contributed by atoms with E-state index in [9.17, 15) is 9.59 Å². The number of nitrogens with zero attached hydrogens (tertiary/aromatic N) is 2. The van der Waals surface area contributed by atoms with E-state index in [4.69, 9.17) is 14.2 Å². The molecule has 2 fully saturated rings. The summed E-state index contributed by atoms with van der Waals surface area (Å²) in [5.74, 6) is 1.85. The minimum Gasteiger partial charge on any atom is -0.493 e. The number of ether oxygens (including phenoxy) is 3. The van der Waals surface area contributed by atoms with Crippen LogP contribution in [0.5, 0.6) is 17.2 Å².